The third kappa shape index (κ3) is 4.11. The predicted molar refractivity (Wildman–Crippen MR) is 74.2 cm³/mol. The summed E-state index contributed by atoms with van der Waals surface area (Å²) in [5, 5.41) is 22.7. The van der Waals surface area contributed by atoms with Crippen molar-refractivity contribution in [2.24, 2.45) is 0 Å². The predicted octanol–water partition coefficient (Wildman–Crippen LogP) is 2.66. The van der Waals surface area contributed by atoms with Crippen LogP contribution in [0.15, 0.2) is 18.2 Å². The van der Waals surface area contributed by atoms with Crippen molar-refractivity contribution >= 4 is 17.3 Å². The summed E-state index contributed by atoms with van der Waals surface area (Å²) in [6.07, 6.45) is 0.770. The van der Waals surface area contributed by atoms with Gasteiger partial charge in [-0.05, 0) is 20.3 Å². The van der Waals surface area contributed by atoms with Crippen LogP contribution in [0, 0.1) is 10.1 Å². The second kappa shape index (κ2) is 6.23. The minimum Gasteiger partial charge on any atom is -0.493 e. The number of non-ortho nitro benzene ring substituents is 1. The molecule has 110 valence electrons. The second-order valence-corrected chi connectivity index (χ2v) is 4.88. The fourth-order valence-corrected chi connectivity index (χ4v) is 1.48. The summed E-state index contributed by atoms with van der Waals surface area (Å²) < 4.78 is 5.37. The topological polar surface area (TPSA) is 102 Å². The van der Waals surface area contributed by atoms with Gasteiger partial charge in [0.1, 0.15) is 11.3 Å². The van der Waals surface area contributed by atoms with E-state index in [1.54, 1.807) is 6.07 Å². The lowest BCUT2D eigenvalue weighted by atomic mass is 10.1. The first-order valence-electron chi connectivity index (χ1n) is 6.20. The summed E-state index contributed by atoms with van der Waals surface area (Å²) in [4.78, 5) is 21.4. The molecule has 2 N–H and O–H groups in total. The van der Waals surface area contributed by atoms with E-state index in [9.17, 15) is 14.9 Å². The Morgan fingerprint density at radius 3 is 2.60 bits per heavy atom. The molecule has 0 fully saturated rings. The number of hydrogen-bond acceptors (Lipinski definition) is 5. The van der Waals surface area contributed by atoms with Crippen LogP contribution in [-0.4, -0.2) is 28.1 Å². The molecule has 0 aliphatic heterocycles. The second-order valence-electron chi connectivity index (χ2n) is 4.88. The third-order valence-corrected chi connectivity index (χ3v) is 2.57. The molecule has 0 aliphatic rings. The fraction of sp³-hybridized carbons (Fsp3) is 0.462. The number of benzene rings is 1. The summed E-state index contributed by atoms with van der Waals surface area (Å²) in [7, 11) is 0. The molecule has 0 amide bonds. The number of nitro benzene ring substituents is 1. The summed E-state index contributed by atoms with van der Waals surface area (Å²) in [6.45, 7) is 5.30. The van der Waals surface area contributed by atoms with Crippen LogP contribution in [0.1, 0.15) is 27.2 Å². The molecule has 20 heavy (non-hydrogen) atoms. The number of nitro groups is 1. The summed E-state index contributed by atoms with van der Waals surface area (Å²) >= 11 is 0. The lowest BCUT2D eigenvalue weighted by molar-refractivity contribution is -0.384. The number of ether oxygens (including phenoxy) is 1. The van der Waals surface area contributed by atoms with E-state index in [4.69, 9.17) is 9.84 Å². The quantitative estimate of drug-likeness (QED) is 0.589. The zero-order valence-corrected chi connectivity index (χ0v) is 11.7. The highest BCUT2D eigenvalue weighted by molar-refractivity contribution is 5.82. The highest BCUT2D eigenvalue weighted by Gasteiger charge is 2.27. The van der Waals surface area contributed by atoms with Crippen molar-refractivity contribution < 1.29 is 19.6 Å². The number of anilines is 1. The van der Waals surface area contributed by atoms with Crippen molar-refractivity contribution in [3.63, 3.8) is 0 Å². The third-order valence-electron chi connectivity index (χ3n) is 2.57. The average molecular weight is 282 g/mol. The van der Waals surface area contributed by atoms with E-state index in [1.165, 1.54) is 26.0 Å². The van der Waals surface area contributed by atoms with Crippen molar-refractivity contribution in [1.29, 1.82) is 0 Å². The van der Waals surface area contributed by atoms with Gasteiger partial charge in [-0.25, -0.2) is 4.79 Å². The molecule has 0 aliphatic carbocycles. The average Bonchev–Trinajstić information content (AvgIpc) is 2.35. The minimum absolute atomic E-state index is 0.151. The van der Waals surface area contributed by atoms with Crippen LogP contribution < -0.4 is 10.1 Å². The van der Waals surface area contributed by atoms with Gasteiger partial charge in [-0.2, -0.15) is 0 Å². The molecule has 0 spiro atoms. The zero-order valence-electron chi connectivity index (χ0n) is 11.7. The summed E-state index contributed by atoms with van der Waals surface area (Å²) in [5.41, 5.74) is -1.06. The fourth-order valence-electron chi connectivity index (χ4n) is 1.48. The molecule has 1 rings (SSSR count). The molecule has 0 heterocycles. The lowest BCUT2D eigenvalue weighted by Gasteiger charge is -2.22. The van der Waals surface area contributed by atoms with E-state index in [-0.39, 0.29) is 5.69 Å². The van der Waals surface area contributed by atoms with Crippen molar-refractivity contribution in [1.82, 2.24) is 0 Å². The van der Waals surface area contributed by atoms with Crippen LogP contribution in [0.3, 0.4) is 0 Å². The first-order chi connectivity index (χ1) is 9.26. The Labute approximate surface area is 116 Å². The monoisotopic (exact) mass is 282 g/mol. The van der Waals surface area contributed by atoms with Gasteiger partial charge < -0.3 is 15.2 Å². The number of carbonyl (C=O) groups is 1. The normalized spacial score (nSPS) is 10.9. The standard InChI is InChI=1S/C13H18N2O5/c1-4-5-20-11-7-9(6-10(8-11)15(18)19)14-13(2,3)12(16)17/h6-8,14H,4-5H2,1-3H3,(H,16,17). The SMILES string of the molecule is CCCOc1cc(NC(C)(C)C(=O)O)cc([N+](=O)[O-])c1. The van der Waals surface area contributed by atoms with Crippen molar-refractivity contribution in [2.75, 3.05) is 11.9 Å². The number of nitrogens with zero attached hydrogens (tertiary/aromatic N) is 1. The Kier molecular flexibility index (Phi) is 4.90. The van der Waals surface area contributed by atoms with E-state index in [0.717, 1.165) is 6.42 Å². The molecule has 1 aromatic carbocycles. The van der Waals surface area contributed by atoms with Gasteiger partial charge in [0, 0.05) is 17.8 Å². The minimum atomic E-state index is -1.24. The zero-order chi connectivity index (χ0) is 15.3. The van der Waals surface area contributed by atoms with Crippen LogP contribution in [0.25, 0.3) is 0 Å². The number of carboxylic acid groups (broad SMARTS) is 1. The van der Waals surface area contributed by atoms with Gasteiger partial charge >= 0.3 is 5.97 Å². The van der Waals surface area contributed by atoms with Crippen LogP contribution in [0.4, 0.5) is 11.4 Å². The molecule has 7 heteroatoms. The van der Waals surface area contributed by atoms with Gasteiger partial charge in [-0.3, -0.25) is 10.1 Å². The molecule has 0 radical (unpaired) electrons. The molecule has 0 saturated heterocycles. The first-order valence-corrected chi connectivity index (χ1v) is 6.20. The van der Waals surface area contributed by atoms with Gasteiger partial charge in [0.15, 0.2) is 0 Å². The number of rotatable bonds is 7. The Morgan fingerprint density at radius 1 is 1.45 bits per heavy atom. The molecule has 0 unspecified atom stereocenters. The van der Waals surface area contributed by atoms with Gasteiger partial charge in [0.25, 0.3) is 5.69 Å². The van der Waals surface area contributed by atoms with Gasteiger partial charge in [-0.1, -0.05) is 6.92 Å². The molecule has 1 aromatic rings. The molecular formula is C13H18N2O5. The Hall–Kier alpha value is -2.31. The van der Waals surface area contributed by atoms with Crippen LogP contribution in [0.5, 0.6) is 5.75 Å². The molecule has 7 nitrogen and oxygen atoms in total. The maximum absolute atomic E-state index is 11.1. The summed E-state index contributed by atoms with van der Waals surface area (Å²) in [5.74, 6) is -0.718. The summed E-state index contributed by atoms with van der Waals surface area (Å²) in [6, 6.07) is 4.14. The lowest BCUT2D eigenvalue weighted by Crippen LogP contribution is -2.39. The Bertz CT molecular complexity index is 513. The van der Waals surface area contributed by atoms with Gasteiger partial charge in [-0.15, -0.1) is 0 Å². The number of aliphatic carboxylic acids is 1. The molecule has 0 atom stereocenters. The van der Waals surface area contributed by atoms with Crippen LogP contribution in [0.2, 0.25) is 0 Å². The van der Waals surface area contributed by atoms with E-state index in [2.05, 4.69) is 5.32 Å². The molecule has 0 bridgehead atoms. The van der Waals surface area contributed by atoms with Crippen molar-refractivity contribution in [3.8, 4) is 5.75 Å². The van der Waals surface area contributed by atoms with E-state index in [1.807, 2.05) is 6.92 Å². The Morgan fingerprint density at radius 2 is 2.10 bits per heavy atom. The number of hydrogen-bond donors (Lipinski definition) is 2. The van der Waals surface area contributed by atoms with Crippen LogP contribution >= 0.6 is 0 Å². The van der Waals surface area contributed by atoms with Crippen molar-refractivity contribution in [2.45, 2.75) is 32.7 Å². The van der Waals surface area contributed by atoms with Gasteiger partial charge in [0.05, 0.1) is 17.6 Å². The molecular weight excluding hydrogens is 264 g/mol. The smallest absolute Gasteiger partial charge is 0.328 e. The van der Waals surface area contributed by atoms with Crippen molar-refractivity contribution in [3.05, 3.63) is 28.3 Å². The Balaban J connectivity index is 3.08. The van der Waals surface area contributed by atoms with E-state index >= 15 is 0 Å². The maximum Gasteiger partial charge on any atom is 0.328 e. The van der Waals surface area contributed by atoms with E-state index < -0.39 is 16.4 Å². The number of carboxylic acids is 1. The number of nitrogens with one attached hydrogen (secondary N) is 1. The highest BCUT2D eigenvalue weighted by Crippen LogP contribution is 2.28. The van der Waals surface area contributed by atoms with Gasteiger partial charge in [0.2, 0.25) is 0 Å². The molecule has 0 aromatic heterocycles. The molecule has 0 saturated carbocycles. The highest BCUT2D eigenvalue weighted by atomic mass is 16.6. The largest absolute Gasteiger partial charge is 0.493 e. The maximum atomic E-state index is 11.1. The first kappa shape index (κ1) is 15.7. The van der Waals surface area contributed by atoms with Crippen LogP contribution in [-0.2, 0) is 4.79 Å². The van der Waals surface area contributed by atoms with E-state index in [0.29, 0.717) is 18.0 Å².